The Balaban J connectivity index is 1.53. The number of nitrogens with zero attached hydrogens (tertiary/aromatic N) is 4. The van der Waals surface area contributed by atoms with Gasteiger partial charge in [0.2, 0.25) is 0 Å². The first-order chi connectivity index (χ1) is 14.6. The summed E-state index contributed by atoms with van der Waals surface area (Å²) in [7, 11) is 0. The molecule has 0 bridgehead atoms. The summed E-state index contributed by atoms with van der Waals surface area (Å²) in [5, 5.41) is 10.8. The Morgan fingerprint density at radius 3 is 2.53 bits per heavy atom. The van der Waals surface area contributed by atoms with Gasteiger partial charge in [-0.3, -0.25) is 0 Å². The lowest BCUT2D eigenvalue weighted by Crippen LogP contribution is -2.36. The van der Waals surface area contributed by atoms with Crippen LogP contribution in [0.2, 0.25) is 0 Å². The van der Waals surface area contributed by atoms with E-state index < -0.39 is 12.4 Å². The van der Waals surface area contributed by atoms with E-state index in [2.05, 4.69) is 25.2 Å². The number of aromatic nitrogens is 3. The summed E-state index contributed by atoms with van der Waals surface area (Å²) in [6.45, 7) is -0.339. The van der Waals surface area contributed by atoms with Crippen molar-refractivity contribution in [3.05, 3.63) is 54.5 Å². The molecule has 0 saturated carbocycles. The first-order valence-electron chi connectivity index (χ1n) is 9.23. The van der Waals surface area contributed by atoms with Crippen molar-refractivity contribution in [1.29, 1.82) is 0 Å². The minimum absolute atomic E-state index is 0.0334. The van der Waals surface area contributed by atoms with Gasteiger partial charge in [0.1, 0.15) is 11.6 Å². The van der Waals surface area contributed by atoms with Gasteiger partial charge in [-0.1, -0.05) is 12.1 Å². The van der Waals surface area contributed by atoms with Crippen molar-refractivity contribution in [3.63, 3.8) is 0 Å². The molecule has 1 aromatic carbocycles. The maximum absolute atomic E-state index is 14.3. The van der Waals surface area contributed by atoms with Crippen molar-refractivity contribution in [1.82, 2.24) is 15.2 Å². The third kappa shape index (κ3) is 4.77. The summed E-state index contributed by atoms with van der Waals surface area (Å²) in [5.74, 6) is 0.506. The fraction of sp³-hybridized carbons (Fsp3) is 0.250. The van der Waals surface area contributed by atoms with Gasteiger partial charge in [-0.05, 0) is 35.9 Å². The Morgan fingerprint density at radius 1 is 1.03 bits per heavy atom. The molecule has 0 aliphatic carbocycles. The number of ether oxygens (including phenoxy) is 2. The van der Waals surface area contributed by atoms with Crippen LogP contribution in [0.3, 0.4) is 0 Å². The molecular weight excluding hydrogens is 399 g/mol. The highest BCUT2D eigenvalue weighted by atomic mass is 19.3. The topological polar surface area (TPSA) is 72.4 Å². The Labute approximate surface area is 170 Å². The van der Waals surface area contributed by atoms with Gasteiger partial charge in [-0.25, -0.2) is 9.37 Å². The molecule has 1 N–H and O–H groups in total. The fourth-order valence-electron chi connectivity index (χ4n) is 3.02. The molecule has 2 aromatic heterocycles. The lowest BCUT2D eigenvalue weighted by Gasteiger charge is -2.28. The highest BCUT2D eigenvalue weighted by Gasteiger charge is 2.15. The lowest BCUT2D eigenvalue weighted by molar-refractivity contribution is -0.0498. The van der Waals surface area contributed by atoms with E-state index >= 15 is 0 Å². The Hall–Kier alpha value is -3.40. The molecule has 3 aromatic rings. The molecule has 1 aliphatic rings. The van der Waals surface area contributed by atoms with Gasteiger partial charge in [0.15, 0.2) is 17.5 Å². The van der Waals surface area contributed by atoms with Gasteiger partial charge in [0.25, 0.3) is 0 Å². The normalized spacial score (nSPS) is 14.1. The highest BCUT2D eigenvalue weighted by molar-refractivity contribution is 5.67. The SMILES string of the molecule is Fc1ccc(N2CCOCC2)nc1Nc1cc(-c2ccc(OC(F)F)cc2)cnn1. The number of hydrogen-bond acceptors (Lipinski definition) is 7. The minimum atomic E-state index is -2.88. The predicted octanol–water partition coefficient (Wildman–Crippen LogP) is 3.86. The molecule has 156 valence electrons. The lowest BCUT2D eigenvalue weighted by atomic mass is 10.1. The van der Waals surface area contributed by atoms with Crippen LogP contribution in [-0.2, 0) is 4.74 Å². The quantitative estimate of drug-likeness (QED) is 0.653. The molecule has 7 nitrogen and oxygen atoms in total. The van der Waals surface area contributed by atoms with Crippen molar-refractivity contribution >= 4 is 17.5 Å². The average Bonchev–Trinajstić information content (AvgIpc) is 2.76. The van der Waals surface area contributed by atoms with E-state index in [0.29, 0.717) is 49.1 Å². The standard InChI is InChI=1S/C20H18F3N5O2/c21-16-5-6-18(28-7-9-29-10-8-28)26-19(16)25-17-11-14(12-24-27-17)13-1-3-15(4-2-13)30-20(22)23/h1-6,11-12,20H,7-10H2,(H,25,26,27). The zero-order chi connectivity index (χ0) is 20.9. The molecular formula is C20H18F3N5O2. The van der Waals surface area contributed by atoms with Gasteiger partial charge in [0, 0.05) is 18.7 Å². The molecule has 4 rings (SSSR count). The van der Waals surface area contributed by atoms with Crippen LogP contribution in [0.5, 0.6) is 5.75 Å². The van der Waals surface area contributed by atoms with Crippen LogP contribution < -0.4 is 15.0 Å². The van der Waals surface area contributed by atoms with E-state index in [-0.39, 0.29) is 11.6 Å². The predicted molar refractivity (Wildman–Crippen MR) is 105 cm³/mol. The molecule has 1 aliphatic heterocycles. The van der Waals surface area contributed by atoms with Crippen LogP contribution in [0.15, 0.2) is 48.7 Å². The fourth-order valence-corrected chi connectivity index (χ4v) is 3.02. The van der Waals surface area contributed by atoms with Crippen molar-refractivity contribution in [2.75, 3.05) is 36.5 Å². The number of benzene rings is 1. The van der Waals surface area contributed by atoms with Gasteiger partial charge < -0.3 is 19.7 Å². The van der Waals surface area contributed by atoms with Gasteiger partial charge in [0.05, 0.1) is 19.4 Å². The van der Waals surface area contributed by atoms with Crippen molar-refractivity contribution in [3.8, 4) is 16.9 Å². The number of alkyl halides is 2. The largest absolute Gasteiger partial charge is 0.435 e. The van der Waals surface area contributed by atoms with Crippen LogP contribution in [0, 0.1) is 5.82 Å². The van der Waals surface area contributed by atoms with Crippen LogP contribution in [0.4, 0.5) is 30.6 Å². The van der Waals surface area contributed by atoms with E-state index in [1.54, 1.807) is 24.3 Å². The summed E-state index contributed by atoms with van der Waals surface area (Å²) >= 11 is 0. The summed E-state index contributed by atoms with van der Waals surface area (Å²) < 4.78 is 48.6. The molecule has 1 saturated heterocycles. The van der Waals surface area contributed by atoms with Crippen LogP contribution in [0.25, 0.3) is 11.1 Å². The maximum atomic E-state index is 14.3. The van der Waals surface area contributed by atoms with E-state index in [1.807, 2.05) is 4.90 Å². The highest BCUT2D eigenvalue weighted by Crippen LogP contribution is 2.26. The number of anilines is 3. The summed E-state index contributed by atoms with van der Waals surface area (Å²) in [6.07, 6.45) is 1.52. The number of morpholine rings is 1. The van der Waals surface area contributed by atoms with Crippen molar-refractivity contribution < 1.29 is 22.6 Å². The van der Waals surface area contributed by atoms with Gasteiger partial charge in [-0.2, -0.15) is 13.9 Å². The van der Waals surface area contributed by atoms with E-state index in [9.17, 15) is 13.2 Å². The second kappa shape index (κ2) is 8.95. The molecule has 0 amide bonds. The third-order valence-electron chi connectivity index (χ3n) is 4.48. The zero-order valence-electron chi connectivity index (χ0n) is 15.8. The summed E-state index contributed by atoms with van der Waals surface area (Å²) in [5.41, 5.74) is 1.38. The second-order valence-electron chi connectivity index (χ2n) is 6.46. The minimum Gasteiger partial charge on any atom is -0.435 e. The smallest absolute Gasteiger partial charge is 0.387 e. The van der Waals surface area contributed by atoms with Crippen LogP contribution in [0.1, 0.15) is 0 Å². The van der Waals surface area contributed by atoms with Gasteiger partial charge in [-0.15, -0.1) is 5.10 Å². The second-order valence-corrected chi connectivity index (χ2v) is 6.46. The van der Waals surface area contributed by atoms with Crippen molar-refractivity contribution in [2.24, 2.45) is 0 Å². The van der Waals surface area contributed by atoms with Crippen molar-refractivity contribution in [2.45, 2.75) is 6.61 Å². The number of hydrogen-bond donors (Lipinski definition) is 1. The van der Waals surface area contributed by atoms with E-state index in [1.165, 1.54) is 24.4 Å². The number of pyridine rings is 1. The Bertz CT molecular complexity index is 998. The Kier molecular flexibility index (Phi) is 5.94. The molecule has 10 heteroatoms. The first-order valence-corrected chi connectivity index (χ1v) is 9.23. The zero-order valence-corrected chi connectivity index (χ0v) is 15.8. The molecule has 0 radical (unpaired) electrons. The molecule has 30 heavy (non-hydrogen) atoms. The molecule has 3 heterocycles. The molecule has 0 unspecified atom stereocenters. The van der Waals surface area contributed by atoms with E-state index in [4.69, 9.17) is 4.74 Å². The molecule has 0 spiro atoms. The molecule has 0 atom stereocenters. The Morgan fingerprint density at radius 2 is 1.80 bits per heavy atom. The van der Waals surface area contributed by atoms with E-state index in [0.717, 1.165) is 0 Å². The molecule has 1 fully saturated rings. The van der Waals surface area contributed by atoms with Crippen LogP contribution in [-0.4, -0.2) is 48.1 Å². The first kappa shape index (κ1) is 19.9. The summed E-state index contributed by atoms with van der Waals surface area (Å²) in [6, 6.07) is 10.7. The maximum Gasteiger partial charge on any atom is 0.387 e. The number of halogens is 3. The average molecular weight is 417 g/mol. The number of nitrogens with one attached hydrogen (secondary N) is 1. The van der Waals surface area contributed by atoms with Gasteiger partial charge >= 0.3 is 6.61 Å². The number of rotatable bonds is 6. The summed E-state index contributed by atoms with van der Waals surface area (Å²) in [4.78, 5) is 6.37. The van der Waals surface area contributed by atoms with Crippen LogP contribution >= 0.6 is 0 Å². The third-order valence-corrected chi connectivity index (χ3v) is 4.48. The monoisotopic (exact) mass is 417 g/mol.